The van der Waals surface area contributed by atoms with Gasteiger partial charge in [-0.25, -0.2) is 0 Å². The second kappa shape index (κ2) is 5.91. The van der Waals surface area contributed by atoms with Crippen LogP contribution < -0.4 is 10.5 Å². The van der Waals surface area contributed by atoms with Gasteiger partial charge in [-0.15, -0.1) is 0 Å². The van der Waals surface area contributed by atoms with Crippen LogP contribution in [0.3, 0.4) is 0 Å². The third-order valence-corrected chi connectivity index (χ3v) is 2.78. The Balaban J connectivity index is 2.42. The molecule has 0 unspecified atom stereocenters. The van der Waals surface area contributed by atoms with E-state index in [0.29, 0.717) is 0 Å². The summed E-state index contributed by atoms with van der Waals surface area (Å²) in [6, 6.07) is 11.0. The highest BCUT2D eigenvalue weighted by atomic mass is 16.6. The minimum Gasteiger partial charge on any atom is -0.507 e. The Morgan fingerprint density at radius 1 is 1.24 bits per heavy atom. The predicted octanol–water partition coefficient (Wildman–Crippen LogP) is 1.98. The van der Waals surface area contributed by atoms with E-state index in [1.807, 2.05) is 6.07 Å². The number of nitro groups is 1. The van der Waals surface area contributed by atoms with E-state index in [4.69, 9.17) is 10.5 Å². The molecule has 0 saturated heterocycles. The van der Waals surface area contributed by atoms with E-state index in [1.165, 1.54) is 0 Å². The molecule has 0 bridgehead atoms. The Morgan fingerprint density at radius 2 is 1.90 bits per heavy atom. The normalized spacial score (nSPS) is 10.1. The van der Waals surface area contributed by atoms with Gasteiger partial charge in [0, 0.05) is 6.07 Å². The van der Waals surface area contributed by atoms with Crippen LogP contribution >= 0.6 is 0 Å². The zero-order valence-corrected chi connectivity index (χ0v) is 10.9. The first-order valence-corrected chi connectivity index (χ1v) is 5.97. The third kappa shape index (κ3) is 3.08. The first kappa shape index (κ1) is 14.3. The van der Waals surface area contributed by atoms with E-state index >= 15 is 0 Å². The van der Waals surface area contributed by atoms with Crippen molar-refractivity contribution >= 4 is 11.6 Å². The number of benzene rings is 2. The average molecular weight is 288 g/mol. The number of nitrogens with zero attached hydrogens (tertiary/aromatic N) is 1. The van der Waals surface area contributed by atoms with Crippen LogP contribution in [0.5, 0.6) is 11.5 Å². The fraction of sp³-hybridized carbons (Fsp3) is 0.0714. The fourth-order valence-electron chi connectivity index (χ4n) is 1.82. The van der Waals surface area contributed by atoms with Crippen molar-refractivity contribution in [3.63, 3.8) is 0 Å². The number of nitro benzene ring substituents is 1. The highest BCUT2D eigenvalue weighted by Gasteiger charge is 2.25. The van der Waals surface area contributed by atoms with Gasteiger partial charge >= 0.3 is 5.69 Å². The molecular formula is C14H12N2O5. The molecule has 1 amide bonds. The number of amides is 1. The SMILES string of the molecule is NC(=O)c1c(O)ccc([N+](=O)[O-])c1OCc1ccccc1. The second-order valence-corrected chi connectivity index (χ2v) is 4.20. The van der Waals surface area contributed by atoms with Gasteiger partial charge in [-0.05, 0) is 11.6 Å². The van der Waals surface area contributed by atoms with E-state index < -0.39 is 27.8 Å². The van der Waals surface area contributed by atoms with Crippen molar-refractivity contribution in [3.8, 4) is 11.5 Å². The number of ether oxygens (including phenoxy) is 1. The second-order valence-electron chi connectivity index (χ2n) is 4.20. The molecule has 0 atom stereocenters. The maximum absolute atomic E-state index is 11.4. The summed E-state index contributed by atoms with van der Waals surface area (Å²) < 4.78 is 5.36. The van der Waals surface area contributed by atoms with E-state index in [2.05, 4.69) is 0 Å². The highest BCUT2D eigenvalue weighted by molar-refractivity contribution is 5.99. The monoisotopic (exact) mass is 288 g/mol. The molecule has 0 aromatic heterocycles. The number of aromatic hydroxyl groups is 1. The van der Waals surface area contributed by atoms with Crippen LogP contribution in [0.25, 0.3) is 0 Å². The molecule has 0 heterocycles. The molecule has 2 aromatic rings. The zero-order chi connectivity index (χ0) is 15.4. The molecule has 2 rings (SSSR count). The lowest BCUT2D eigenvalue weighted by molar-refractivity contribution is -0.386. The Morgan fingerprint density at radius 3 is 2.48 bits per heavy atom. The summed E-state index contributed by atoms with van der Waals surface area (Å²) in [4.78, 5) is 21.7. The maximum atomic E-state index is 11.4. The average Bonchev–Trinajstić information content (AvgIpc) is 2.45. The molecule has 0 fully saturated rings. The van der Waals surface area contributed by atoms with Gasteiger partial charge in [0.05, 0.1) is 4.92 Å². The van der Waals surface area contributed by atoms with Gasteiger partial charge in [-0.3, -0.25) is 14.9 Å². The van der Waals surface area contributed by atoms with Crippen LogP contribution in [0.4, 0.5) is 5.69 Å². The minimum absolute atomic E-state index is 0.00537. The van der Waals surface area contributed by atoms with Crippen molar-refractivity contribution < 1.29 is 19.6 Å². The number of primary amides is 1. The van der Waals surface area contributed by atoms with Crippen molar-refractivity contribution in [2.24, 2.45) is 5.73 Å². The molecule has 0 spiro atoms. The van der Waals surface area contributed by atoms with Gasteiger partial charge in [0.15, 0.2) is 0 Å². The summed E-state index contributed by atoms with van der Waals surface area (Å²) in [5.41, 5.74) is 5.07. The van der Waals surface area contributed by atoms with Gasteiger partial charge in [0.1, 0.15) is 17.9 Å². The maximum Gasteiger partial charge on any atom is 0.312 e. The van der Waals surface area contributed by atoms with E-state index in [9.17, 15) is 20.0 Å². The minimum atomic E-state index is -1.00. The summed E-state index contributed by atoms with van der Waals surface area (Å²) in [6.45, 7) is 0.00537. The van der Waals surface area contributed by atoms with E-state index in [1.54, 1.807) is 24.3 Å². The topological polar surface area (TPSA) is 116 Å². The first-order chi connectivity index (χ1) is 10.0. The summed E-state index contributed by atoms with van der Waals surface area (Å²) in [6.07, 6.45) is 0. The Kier molecular flexibility index (Phi) is 4.03. The molecule has 3 N–H and O–H groups in total. The molecule has 7 heteroatoms. The van der Waals surface area contributed by atoms with Crippen LogP contribution in [-0.2, 0) is 6.61 Å². The van der Waals surface area contributed by atoms with Crippen molar-refractivity contribution in [2.75, 3.05) is 0 Å². The molecular weight excluding hydrogens is 276 g/mol. The summed E-state index contributed by atoms with van der Waals surface area (Å²) in [7, 11) is 0. The molecule has 0 aliphatic carbocycles. The molecule has 108 valence electrons. The fourth-order valence-corrected chi connectivity index (χ4v) is 1.82. The number of phenols is 1. The van der Waals surface area contributed by atoms with Gasteiger partial charge < -0.3 is 15.6 Å². The van der Waals surface area contributed by atoms with Crippen LogP contribution in [0.15, 0.2) is 42.5 Å². The molecule has 0 radical (unpaired) electrons. The number of hydrogen-bond acceptors (Lipinski definition) is 5. The van der Waals surface area contributed by atoms with Crippen LogP contribution in [-0.4, -0.2) is 15.9 Å². The number of carbonyl (C=O) groups is 1. The van der Waals surface area contributed by atoms with Gasteiger partial charge in [-0.2, -0.15) is 0 Å². The largest absolute Gasteiger partial charge is 0.507 e. The van der Waals surface area contributed by atoms with Crippen LogP contribution in [0.2, 0.25) is 0 Å². The molecule has 21 heavy (non-hydrogen) atoms. The Bertz CT molecular complexity index is 685. The zero-order valence-electron chi connectivity index (χ0n) is 10.9. The lowest BCUT2D eigenvalue weighted by Crippen LogP contribution is -2.14. The molecule has 2 aromatic carbocycles. The van der Waals surface area contributed by atoms with Gasteiger partial charge in [0.2, 0.25) is 5.75 Å². The summed E-state index contributed by atoms with van der Waals surface area (Å²) >= 11 is 0. The van der Waals surface area contributed by atoms with Crippen molar-refractivity contribution in [2.45, 2.75) is 6.61 Å². The predicted molar refractivity (Wildman–Crippen MR) is 74.1 cm³/mol. The standard InChI is InChI=1S/C14H12N2O5/c15-14(18)12-11(17)7-6-10(16(19)20)13(12)21-8-9-4-2-1-3-5-9/h1-7,17H,8H2,(H2,15,18). The number of hydrogen-bond donors (Lipinski definition) is 2. The Labute approximate surface area is 119 Å². The molecule has 0 saturated carbocycles. The molecule has 0 aliphatic heterocycles. The third-order valence-electron chi connectivity index (χ3n) is 2.78. The lowest BCUT2D eigenvalue weighted by atomic mass is 10.1. The number of nitrogens with two attached hydrogens (primary N) is 1. The Hall–Kier alpha value is -3.09. The van der Waals surface area contributed by atoms with Crippen LogP contribution in [0, 0.1) is 10.1 Å². The quantitative estimate of drug-likeness (QED) is 0.644. The van der Waals surface area contributed by atoms with Crippen molar-refractivity contribution in [3.05, 3.63) is 63.7 Å². The highest BCUT2D eigenvalue weighted by Crippen LogP contribution is 2.36. The smallest absolute Gasteiger partial charge is 0.312 e. The lowest BCUT2D eigenvalue weighted by Gasteiger charge is -2.11. The first-order valence-electron chi connectivity index (χ1n) is 5.97. The van der Waals surface area contributed by atoms with Crippen molar-refractivity contribution in [1.29, 1.82) is 0 Å². The van der Waals surface area contributed by atoms with Crippen molar-refractivity contribution in [1.82, 2.24) is 0 Å². The van der Waals surface area contributed by atoms with Gasteiger partial charge in [0.25, 0.3) is 5.91 Å². The van der Waals surface area contributed by atoms with E-state index in [-0.39, 0.29) is 12.4 Å². The molecule has 7 nitrogen and oxygen atoms in total. The number of carbonyl (C=O) groups excluding carboxylic acids is 1. The van der Waals surface area contributed by atoms with Gasteiger partial charge in [-0.1, -0.05) is 30.3 Å². The number of rotatable bonds is 5. The summed E-state index contributed by atoms with van der Waals surface area (Å²) in [5, 5.41) is 20.7. The molecule has 0 aliphatic rings. The van der Waals surface area contributed by atoms with Crippen LogP contribution in [0.1, 0.15) is 15.9 Å². The summed E-state index contributed by atoms with van der Waals surface area (Å²) in [5.74, 6) is -1.80. The van der Waals surface area contributed by atoms with E-state index in [0.717, 1.165) is 17.7 Å².